The second-order valence-electron chi connectivity index (χ2n) is 6.07. The van der Waals surface area contributed by atoms with Crippen LogP contribution in [0.3, 0.4) is 0 Å². The lowest BCUT2D eigenvalue weighted by Crippen LogP contribution is -2.37. The Bertz CT molecular complexity index is 681. The summed E-state index contributed by atoms with van der Waals surface area (Å²) in [6.07, 6.45) is 0. The van der Waals surface area contributed by atoms with E-state index in [2.05, 4.69) is 42.4 Å². The quantitative estimate of drug-likeness (QED) is 0.826. The number of amides is 1. The van der Waals surface area contributed by atoms with Gasteiger partial charge >= 0.3 is 0 Å². The number of hydrogen-bond donors (Lipinski definition) is 1. The second-order valence-corrected chi connectivity index (χ2v) is 7.01. The lowest BCUT2D eigenvalue weighted by Gasteiger charge is -2.17. The fourth-order valence-corrected chi connectivity index (χ4v) is 2.81. The van der Waals surface area contributed by atoms with Crippen molar-refractivity contribution < 1.29 is 4.79 Å². The molecule has 0 bridgehead atoms. The van der Waals surface area contributed by atoms with Crippen LogP contribution in [0.2, 0.25) is 0 Å². The van der Waals surface area contributed by atoms with Crippen molar-refractivity contribution in [3.8, 4) is 11.4 Å². The zero-order valence-electron chi connectivity index (χ0n) is 14.3. The number of nitrogens with zero attached hydrogens (tertiary/aromatic N) is 3. The Balaban J connectivity index is 2.03. The number of benzene rings is 1. The number of hydrogen-bond acceptors (Lipinski definition) is 4. The number of rotatable bonds is 6. The van der Waals surface area contributed by atoms with Crippen LogP contribution in [0.1, 0.15) is 26.3 Å². The third-order valence-corrected chi connectivity index (χ3v) is 4.96. The largest absolute Gasteiger partial charge is 0.353 e. The van der Waals surface area contributed by atoms with Crippen LogP contribution in [-0.4, -0.2) is 32.5 Å². The molecule has 0 saturated heterocycles. The molecule has 1 aromatic carbocycles. The van der Waals surface area contributed by atoms with Crippen LogP contribution >= 0.6 is 11.8 Å². The molecular weight excluding hydrogens is 308 g/mol. The number of aromatic nitrogens is 3. The minimum atomic E-state index is 0.0247. The fraction of sp³-hybridized carbons (Fsp3) is 0.471. The highest BCUT2D eigenvalue weighted by atomic mass is 32.2. The zero-order chi connectivity index (χ0) is 17.0. The molecule has 1 atom stereocenters. The molecule has 2 aromatic rings. The molecule has 5 nitrogen and oxygen atoms in total. The van der Waals surface area contributed by atoms with E-state index in [0.29, 0.717) is 11.7 Å². The Hall–Kier alpha value is -1.82. The first-order chi connectivity index (χ1) is 10.9. The first-order valence-electron chi connectivity index (χ1n) is 7.77. The summed E-state index contributed by atoms with van der Waals surface area (Å²) in [6.45, 7) is 8.26. The van der Waals surface area contributed by atoms with E-state index in [9.17, 15) is 4.79 Å². The Morgan fingerprint density at radius 1 is 1.26 bits per heavy atom. The predicted octanol–water partition coefficient (Wildman–Crippen LogP) is 3.04. The third kappa shape index (κ3) is 4.34. The number of carbonyl (C=O) groups excluding carboxylic acids is 1. The van der Waals surface area contributed by atoms with Gasteiger partial charge in [0.25, 0.3) is 0 Å². The molecule has 0 saturated carbocycles. The first-order valence-corrected chi connectivity index (χ1v) is 8.76. The van der Waals surface area contributed by atoms with E-state index >= 15 is 0 Å². The molecule has 0 aliphatic heterocycles. The van der Waals surface area contributed by atoms with Gasteiger partial charge in [-0.1, -0.05) is 49.9 Å². The molecule has 0 aliphatic carbocycles. The van der Waals surface area contributed by atoms with E-state index in [-0.39, 0.29) is 11.9 Å². The Morgan fingerprint density at radius 2 is 1.96 bits per heavy atom. The smallest absolute Gasteiger partial charge is 0.230 e. The number of thioether (sulfide) groups is 1. The van der Waals surface area contributed by atoms with Crippen LogP contribution in [0, 0.1) is 12.8 Å². The van der Waals surface area contributed by atoms with E-state index in [4.69, 9.17) is 0 Å². The molecule has 0 fully saturated rings. The van der Waals surface area contributed by atoms with Gasteiger partial charge in [0.1, 0.15) is 0 Å². The minimum absolute atomic E-state index is 0.0247. The molecule has 1 aromatic heterocycles. The van der Waals surface area contributed by atoms with Crippen molar-refractivity contribution in [2.45, 2.75) is 38.9 Å². The third-order valence-electron chi connectivity index (χ3n) is 3.94. The molecule has 1 heterocycles. The average molecular weight is 332 g/mol. The Kier molecular flexibility index (Phi) is 5.82. The summed E-state index contributed by atoms with van der Waals surface area (Å²) in [5.74, 6) is 1.61. The van der Waals surface area contributed by atoms with Crippen LogP contribution in [0.25, 0.3) is 11.4 Å². The van der Waals surface area contributed by atoms with E-state index < -0.39 is 0 Å². The van der Waals surface area contributed by atoms with E-state index in [1.54, 1.807) is 0 Å². The molecular formula is C17H24N4OS. The molecule has 0 radical (unpaired) electrons. The van der Waals surface area contributed by atoms with Crippen molar-refractivity contribution in [2.24, 2.45) is 13.0 Å². The predicted molar refractivity (Wildman–Crippen MR) is 94.3 cm³/mol. The summed E-state index contributed by atoms with van der Waals surface area (Å²) in [7, 11) is 1.93. The zero-order valence-corrected chi connectivity index (χ0v) is 15.1. The maximum absolute atomic E-state index is 12.0. The van der Waals surface area contributed by atoms with E-state index in [0.717, 1.165) is 22.1 Å². The van der Waals surface area contributed by atoms with E-state index in [1.807, 2.05) is 36.7 Å². The molecule has 1 amide bonds. The van der Waals surface area contributed by atoms with Crippen molar-refractivity contribution in [3.05, 3.63) is 29.8 Å². The number of carbonyl (C=O) groups is 1. The van der Waals surface area contributed by atoms with Gasteiger partial charge in [-0.05, 0) is 25.3 Å². The van der Waals surface area contributed by atoms with Gasteiger partial charge < -0.3 is 9.88 Å². The van der Waals surface area contributed by atoms with Crippen molar-refractivity contribution in [1.82, 2.24) is 20.1 Å². The first kappa shape index (κ1) is 17.5. The summed E-state index contributed by atoms with van der Waals surface area (Å²) in [5, 5.41) is 12.2. The molecule has 0 spiro atoms. The molecule has 23 heavy (non-hydrogen) atoms. The highest BCUT2D eigenvalue weighted by Crippen LogP contribution is 2.24. The highest BCUT2D eigenvalue weighted by Gasteiger charge is 2.15. The summed E-state index contributed by atoms with van der Waals surface area (Å²) >= 11 is 1.41. The van der Waals surface area contributed by atoms with Crippen molar-refractivity contribution >= 4 is 17.7 Å². The van der Waals surface area contributed by atoms with Crippen molar-refractivity contribution in [2.75, 3.05) is 5.75 Å². The summed E-state index contributed by atoms with van der Waals surface area (Å²) in [4.78, 5) is 12.0. The topological polar surface area (TPSA) is 59.8 Å². The molecule has 0 aliphatic rings. The number of aryl methyl sites for hydroxylation is 1. The van der Waals surface area contributed by atoms with E-state index in [1.165, 1.54) is 11.8 Å². The van der Waals surface area contributed by atoms with Crippen LogP contribution in [0.5, 0.6) is 0 Å². The maximum Gasteiger partial charge on any atom is 0.230 e. The number of nitrogens with one attached hydrogen (secondary N) is 1. The fourth-order valence-electron chi connectivity index (χ4n) is 2.09. The average Bonchev–Trinajstić information content (AvgIpc) is 2.86. The van der Waals surface area contributed by atoms with Crippen molar-refractivity contribution in [1.29, 1.82) is 0 Å². The lowest BCUT2D eigenvalue weighted by molar-refractivity contribution is -0.119. The van der Waals surface area contributed by atoms with Gasteiger partial charge in [0.15, 0.2) is 11.0 Å². The molecule has 6 heteroatoms. The summed E-state index contributed by atoms with van der Waals surface area (Å²) in [6, 6.07) is 8.25. The normalized spacial score (nSPS) is 12.4. The van der Waals surface area contributed by atoms with Gasteiger partial charge in [0.2, 0.25) is 5.91 Å². The van der Waals surface area contributed by atoms with Gasteiger partial charge in [-0.2, -0.15) is 0 Å². The van der Waals surface area contributed by atoms with Crippen LogP contribution in [-0.2, 0) is 11.8 Å². The summed E-state index contributed by atoms with van der Waals surface area (Å²) in [5.41, 5.74) is 2.22. The van der Waals surface area contributed by atoms with Gasteiger partial charge in [-0.25, -0.2) is 0 Å². The van der Waals surface area contributed by atoms with Gasteiger partial charge in [0, 0.05) is 18.7 Å². The highest BCUT2D eigenvalue weighted by molar-refractivity contribution is 7.99. The molecule has 124 valence electrons. The van der Waals surface area contributed by atoms with Crippen LogP contribution < -0.4 is 5.32 Å². The Labute approximate surface area is 141 Å². The van der Waals surface area contributed by atoms with Crippen LogP contribution in [0.4, 0.5) is 0 Å². The minimum Gasteiger partial charge on any atom is -0.353 e. The van der Waals surface area contributed by atoms with Gasteiger partial charge in [-0.15, -0.1) is 10.2 Å². The Morgan fingerprint density at radius 3 is 2.61 bits per heavy atom. The van der Waals surface area contributed by atoms with Gasteiger partial charge in [0.05, 0.1) is 5.75 Å². The maximum atomic E-state index is 12.0. The summed E-state index contributed by atoms with van der Waals surface area (Å²) < 4.78 is 1.94. The molecule has 1 N–H and O–H groups in total. The lowest BCUT2D eigenvalue weighted by atomic mass is 10.1. The molecule has 0 unspecified atom stereocenters. The van der Waals surface area contributed by atoms with Gasteiger partial charge in [-0.3, -0.25) is 4.79 Å². The van der Waals surface area contributed by atoms with Crippen LogP contribution in [0.15, 0.2) is 29.4 Å². The molecule has 2 rings (SSSR count). The second kappa shape index (κ2) is 7.64. The monoisotopic (exact) mass is 332 g/mol. The SMILES string of the molecule is Cc1ccccc1-c1nnc(SCC(=O)N[C@@H](C)C(C)C)n1C. The van der Waals surface area contributed by atoms with Crippen molar-refractivity contribution in [3.63, 3.8) is 0 Å². The standard InChI is InChI=1S/C17H24N4OS/c1-11(2)13(4)18-15(22)10-23-17-20-19-16(21(17)5)14-9-7-6-8-12(14)3/h6-9,11,13H,10H2,1-5H3,(H,18,22)/t13-/m0/s1.